The minimum Gasteiger partial charge on any atom is -0.371 e. The normalized spacial score (nSPS) is 14.4. The molecule has 5 heteroatoms. The molecule has 1 heterocycles. The summed E-state index contributed by atoms with van der Waals surface area (Å²) in [4.78, 5) is 25.5. The second-order valence-corrected chi connectivity index (χ2v) is 5.85. The highest BCUT2D eigenvalue weighted by Crippen LogP contribution is 2.31. The predicted octanol–water partition coefficient (Wildman–Crippen LogP) is 2.31. The van der Waals surface area contributed by atoms with Crippen LogP contribution in [0.4, 0.5) is 11.4 Å². The van der Waals surface area contributed by atoms with Crippen LogP contribution in [0, 0.1) is 0 Å². The van der Waals surface area contributed by atoms with Crippen molar-refractivity contribution >= 4 is 23.2 Å². The van der Waals surface area contributed by atoms with Gasteiger partial charge in [-0.1, -0.05) is 19.4 Å². The average molecular weight is 303 g/mol. The van der Waals surface area contributed by atoms with E-state index in [-0.39, 0.29) is 11.8 Å². The van der Waals surface area contributed by atoms with Crippen LogP contribution in [0.1, 0.15) is 39.2 Å². The van der Waals surface area contributed by atoms with Gasteiger partial charge in [0.1, 0.15) is 6.04 Å². The highest BCUT2D eigenvalue weighted by Gasteiger charge is 2.20. The van der Waals surface area contributed by atoms with Crippen LogP contribution in [0.5, 0.6) is 0 Å². The molecule has 0 aliphatic carbocycles. The molecule has 5 nitrogen and oxygen atoms in total. The third-order valence-electron chi connectivity index (χ3n) is 3.94. The van der Waals surface area contributed by atoms with Gasteiger partial charge in [0.2, 0.25) is 11.8 Å². The van der Waals surface area contributed by atoms with Crippen molar-refractivity contribution in [3.8, 4) is 0 Å². The van der Waals surface area contributed by atoms with Crippen LogP contribution in [0.3, 0.4) is 0 Å². The van der Waals surface area contributed by atoms with Crippen molar-refractivity contribution in [1.29, 1.82) is 0 Å². The van der Waals surface area contributed by atoms with E-state index in [0.29, 0.717) is 0 Å². The molecule has 0 fully saturated rings. The Morgan fingerprint density at radius 3 is 2.82 bits per heavy atom. The lowest BCUT2D eigenvalue weighted by atomic mass is 10.1. The number of carbonyl (C=O) groups is 2. The van der Waals surface area contributed by atoms with Crippen molar-refractivity contribution < 1.29 is 9.59 Å². The first-order chi connectivity index (χ1) is 10.5. The quantitative estimate of drug-likeness (QED) is 0.848. The van der Waals surface area contributed by atoms with Crippen LogP contribution in [0.2, 0.25) is 0 Å². The summed E-state index contributed by atoms with van der Waals surface area (Å²) in [5.41, 5.74) is 3.34. The SMILES string of the molecule is CCCCN1CCc2ccc(NC(=O)[C@@H](C)NC(C)=O)cc21. The summed E-state index contributed by atoms with van der Waals surface area (Å²) in [6, 6.07) is 5.51. The van der Waals surface area contributed by atoms with E-state index in [0.717, 1.165) is 25.2 Å². The van der Waals surface area contributed by atoms with Crippen LogP contribution >= 0.6 is 0 Å². The molecule has 0 unspecified atom stereocenters. The molecule has 0 spiro atoms. The van der Waals surface area contributed by atoms with Crippen molar-refractivity contribution in [3.63, 3.8) is 0 Å². The molecule has 0 saturated carbocycles. The molecule has 2 N–H and O–H groups in total. The van der Waals surface area contributed by atoms with Crippen LogP contribution in [-0.4, -0.2) is 30.9 Å². The van der Waals surface area contributed by atoms with Crippen molar-refractivity contribution in [2.45, 2.75) is 46.1 Å². The Bertz CT molecular complexity index is 557. The summed E-state index contributed by atoms with van der Waals surface area (Å²) in [6.07, 6.45) is 3.42. The lowest BCUT2D eigenvalue weighted by Crippen LogP contribution is -2.40. The molecule has 0 radical (unpaired) electrons. The molecule has 2 amide bonds. The fourth-order valence-electron chi connectivity index (χ4n) is 2.73. The fraction of sp³-hybridized carbons (Fsp3) is 0.529. The second kappa shape index (κ2) is 7.29. The first kappa shape index (κ1) is 16.3. The molecule has 0 bridgehead atoms. The maximum Gasteiger partial charge on any atom is 0.246 e. The Labute approximate surface area is 132 Å². The van der Waals surface area contributed by atoms with Crippen molar-refractivity contribution in [2.24, 2.45) is 0 Å². The van der Waals surface area contributed by atoms with Crippen molar-refractivity contribution in [1.82, 2.24) is 5.32 Å². The number of nitrogens with one attached hydrogen (secondary N) is 2. The maximum atomic E-state index is 12.1. The Hall–Kier alpha value is -2.04. The topological polar surface area (TPSA) is 61.4 Å². The molecule has 0 saturated heterocycles. The van der Waals surface area contributed by atoms with Gasteiger partial charge in [-0.3, -0.25) is 9.59 Å². The van der Waals surface area contributed by atoms with Gasteiger partial charge in [-0.15, -0.1) is 0 Å². The van der Waals surface area contributed by atoms with E-state index in [1.807, 2.05) is 12.1 Å². The molecular formula is C17H25N3O2. The number of nitrogens with zero attached hydrogens (tertiary/aromatic N) is 1. The number of hydrogen-bond donors (Lipinski definition) is 2. The molecular weight excluding hydrogens is 278 g/mol. The van der Waals surface area contributed by atoms with Crippen molar-refractivity contribution in [3.05, 3.63) is 23.8 Å². The zero-order valence-electron chi connectivity index (χ0n) is 13.6. The van der Waals surface area contributed by atoms with Crippen molar-refractivity contribution in [2.75, 3.05) is 23.3 Å². The molecule has 1 aliphatic heterocycles. The van der Waals surface area contributed by atoms with Crippen LogP contribution in [0.15, 0.2) is 18.2 Å². The smallest absolute Gasteiger partial charge is 0.246 e. The van der Waals surface area contributed by atoms with Gasteiger partial charge in [-0.2, -0.15) is 0 Å². The first-order valence-corrected chi connectivity index (χ1v) is 7.97. The molecule has 0 aromatic heterocycles. The number of carbonyl (C=O) groups excluding carboxylic acids is 2. The van der Waals surface area contributed by atoms with Gasteiger partial charge in [0.25, 0.3) is 0 Å². The maximum absolute atomic E-state index is 12.1. The molecule has 1 aromatic carbocycles. The standard InChI is InChI=1S/C17H25N3O2/c1-4-5-9-20-10-8-14-6-7-15(11-16(14)20)19-17(22)12(2)18-13(3)21/h6-7,11-12H,4-5,8-10H2,1-3H3,(H,18,21)(H,19,22)/t12-/m1/s1. The lowest BCUT2D eigenvalue weighted by molar-refractivity contribution is -0.124. The first-order valence-electron chi connectivity index (χ1n) is 7.97. The van der Waals surface area contributed by atoms with E-state index in [2.05, 4.69) is 28.5 Å². The molecule has 1 atom stereocenters. The lowest BCUT2D eigenvalue weighted by Gasteiger charge is -2.20. The highest BCUT2D eigenvalue weighted by molar-refractivity contribution is 5.97. The predicted molar refractivity (Wildman–Crippen MR) is 89.2 cm³/mol. The van der Waals surface area contributed by atoms with E-state index in [1.54, 1.807) is 6.92 Å². The Morgan fingerprint density at radius 2 is 2.14 bits per heavy atom. The number of fused-ring (bicyclic) bond motifs is 1. The van der Waals surface area contributed by atoms with E-state index in [4.69, 9.17) is 0 Å². The molecule has 22 heavy (non-hydrogen) atoms. The van der Waals surface area contributed by atoms with Crippen LogP contribution in [0.25, 0.3) is 0 Å². The van der Waals surface area contributed by atoms with Gasteiger partial charge in [-0.25, -0.2) is 0 Å². The summed E-state index contributed by atoms with van der Waals surface area (Å²) >= 11 is 0. The Balaban J connectivity index is 2.04. The summed E-state index contributed by atoms with van der Waals surface area (Å²) in [7, 11) is 0. The Morgan fingerprint density at radius 1 is 1.36 bits per heavy atom. The zero-order chi connectivity index (χ0) is 16.1. The third kappa shape index (κ3) is 4.00. The number of anilines is 2. The van der Waals surface area contributed by atoms with Crippen LogP contribution < -0.4 is 15.5 Å². The van der Waals surface area contributed by atoms with Gasteiger partial charge in [-0.05, 0) is 37.5 Å². The van der Waals surface area contributed by atoms with Gasteiger partial charge in [0, 0.05) is 31.4 Å². The third-order valence-corrected chi connectivity index (χ3v) is 3.94. The van der Waals surface area contributed by atoms with Gasteiger partial charge >= 0.3 is 0 Å². The van der Waals surface area contributed by atoms with E-state index in [9.17, 15) is 9.59 Å². The second-order valence-electron chi connectivity index (χ2n) is 5.85. The van der Waals surface area contributed by atoms with Gasteiger partial charge in [0.05, 0.1) is 0 Å². The number of unbranched alkanes of at least 4 members (excludes halogenated alkanes) is 1. The van der Waals surface area contributed by atoms with E-state index < -0.39 is 6.04 Å². The molecule has 1 aliphatic rings. The number of rotatable bonds is 6. The summed E-state index contributed by atoms with van der Waals surface area (Å²) < 4.78 is 0. The van der Waals surface area contributed by atoms with E-state index in [1.165, 1.54) is 31.0 Å². The number of benzene rings is 1. The number of hydrogen-bond acceptors (Lipinski definition) is 3. The monoisotopic (exact) mass is 303 g/mol. The minimum atomic E-state index is -0.540. The zero-order valence-corrected chi connectivity index (χ0v) is 13.6. The summed E-state index contributed by atoms with van der Waals surface area (Å²) in [5.74, 6) is -0.407. The summed E-state index contributed by atoms with van der Waals surface area (Å²) in [5, 5.41) is 5.46. The molecule has 120 valence electrons. The largest absolute Gasteiger partial charge is 0.371 e. The van der Waals surface area contributed by atoms with Gasteiger partial charge < -0.3 is 15.5 Å². The minimum absolute atomic E-state index is 0.201. The molecule has 1 aromatic rings. The summed E-state index contributed by atoms with van der Waals surface area (Å²) in [6.45, 7) is 7.39. The van der Waals surface area contributed by atoms with Crippen LogP contribution in [-0.2, 0) is 16.0 Å². The molecule has 2 rings (SSSR count). The van der Waals surface area contributed by atoms with Gasteiger partial charge in [0.15, 0.2) is 0 Å². The van der Waals surface area contributed by atoms with E-state index >= 15 is 0 Å². The number of amides is 2. The average Bonchev–Trinajstić information content (AvgIpc) is 2.86. The highest BCUT2D eigenvalue weighted by atomic mass is 16.2. The fourth-order valence-corrected chi connectivity index (χ4v) is 2.73. The Kier molecular flexibility index (Phi) is 5.41.